The lowest BCUT2D eigenvalue weighted by atomic mass is 10.4. The first-order valence-electron chi connectivity index (χ1n) is 4.22. The quantitative estimate of drug-likeness (QED) is 0.724. The second-order valence-electron chi connectivity index (χ2n) is 2.75. The Bertz CT molecular complexity index is 379. The smallest absolute Gasteiger partial charge is 0.177 e. The average Bonchev–Trinajstić information content (AvgIpc) is 2.72. The topological polar surface area (TPSA) is 68.5 Å². The van der Waals surface area contributed by atoms with E-state index in [1.165, 1.54) is 6.33 Å². The SMILES string of the molecule is CNCc1ccc(-n2cncn2)nn1. The molecule has 0 atom stereocenters. The number of nitrogens with zero attached hydrogens (tertiary/aromatic N) is 5. The van der Waals surface area contributed by atoms with E-state index in [9.17, 15) is 0 Å². The second kappa shape index (κ2) is 3.93. The molecule has 0 fully saturated rings. The van der Waals surface area contributed by atoms with Crippen LogP contribution in [0.5, 0.6) is 0 Å². The fraction of sp³-hybridized carbons (Fsp3) is 0.250. The molecule has 0 saturated heterocycles. The maximum absolute atomic E-state index is 4.02. The molecule has 2 aromatic heterocycles. The summed E-state index contributed by atoms with van der Waals surface area (Å²) in [4.78, 5) is 3.83. The van der Waals surface area contributed by atoms with Crippen molar-refractivity contribution in [3.8, 4) is 5.82 Å². The Hall–Kier alpha value is -1.82. The minimum Gasteiger partial charge on any atom is -0.314 e. The second-order valence-corrected chi connectivity index (χ2v) is 2.75. The van der Waals surface area contributed by atoms with Gasteiger partial charge in [0, 0.05) is 6.54 Å². The Morgan fingerprint density at radius 2 is 2.29 bits per heavy atom. The highest BCUT2D eigenvalue weighted by Crippen LogP contribution is 2.00. The van der Waals surface area contributed by atoms with Gasteiger partial charge in [0.2, 0.25) is 0 Å². The third-order valence-corrected chi connectivity index (χ3v) is 1.72. The Kier molecular flexibility index (Phi) is 2.46. The number of nitrogens with one attached hydrogen (secondary N) is 1. The van der Waals surface area contributed by atoms with Crippen molar-refractivity contribution >= 4 is 0 Å². The van der Waals surface area contributed by atoms with Gasteiger partial charge < -0.3 is 5.32 Å². The van der Waals surface area contributed by atoms with E-state index in [0.29, 0.717) is 12.4 Å². The summed E-state index contributed by atoms with van der Waals surface area (Å²) in [7, 11) is 1.87. The number of hydrogen-bond acceptors (Lipinski definition) is 5. The zero-order valence-electron chi connectivity index (χ0n) is 7.75. The molecule has 0 aliphatic heterocycles. The molecule has 1 N–H and O–H groups in total. The maximum atomic E-state index is 4.02. The van der Waals surface area contributed by atoms with E-state index in [4.69, 9.17) is 0 Å². The number of aromatic nitrogens is 5. The molecular weight excluding hydrogens is 180 g/mol. The minimum atomic E-state index is 0.669. The highest BCUT2D eigenvalue weighted by atomic mass is 15.4. The summed E-state index contributed by atoms with van der Waals surface area (Å²) in [5.74, 6) is 0.669. The van der Waals surface area contributed by atoms with Gasteiger partial charge in [-0.25, -0.2) is 9.67 Å². The van der Waals surface area contributed by atoms with Crippen LogP contribution in [0.3, 0.4) is 0 Å². The van der Waals surface area contributed by atoms with Crippen LogP contribution < -0.4 is 5.32 Å². The van der Waals surface area contributed by atoms with Crippen molar-refractivity contribution in [1.82, 2.24) is 30.3 Å². The molecule has 0 aliphatic carbocycles. The van der Waals surface area contributed by atoms with E-state index in [-0.39, 0.29) is 0 Å². The van der Waals surface area contributed by atoms with Gasteiger partial charge in [-0.3, -0.25) is 0 Å². The van der Waals surface area contributed by atoms with Gasteiger partial charge in [-0.1, -0.05) is 0 Å². The molecule has 0 amide bonds. The highest BCUT2D eigenvalue weighted by Gasteiger charge is 1.99. The van der Waals surface area contributed by atoms with Crippen molar-refractivity contribution in [2.75, 3.05) is 7.05 Å². The minimum absolute atomic E-state index is 0.669. The summed E-state index contributed by atoms with van der Waals surface area (Å²) in [6.07, 6.45) is 3.05. The van der Waals surface area contributed by atoms with Crippen LogP contribution in [0, 0.1) is 0 Å². The van der Waals surface area contributed by atoms with Crippen LogP contribution in [-0.2, 0) is 6.54 Å². The van der Waals surface area contributed by atoms with Gasteiger partial charge in [0.25, 0.3) is 0 Å². The number of rotatable bonds is 3. The van der Waals surface area contributed by atoms with Crippen LogP contribution in [-0.4, -0.2) is 32.0 Å². The summed E-state index contributed by atoms with van der Waals surface area (Å²) < 4.78 is 1.57. The first kappa shape index (κ1) is 8.76. The summed E-state index contributed by atoms with van der Waals surface area (Å²) in [6.45, 7) is 0.713. The molecule has 2 heterocycles. The van der Waals surface area contributed by atoms with E-state index in [1.54, 1.807) is 11.0 Å². The summed E-state index contributed by atoms with van der Waals surface area (Å²) in [5, 5.41) is 15.0. The summed E-state index contributed by atoms with van der Waals surface area (Å²) in [6, 6.07) is 3.76. The molecule has 0 aliphatic rings. The van der Waals surface area contributed by atoms with E-state index in [0.717, 1.165) is 5.69 Å². The molecule has 2 aromatic rings. The average molecular weight is 190 g/mol. The Morgan fingerprint density at radius 1 is 1.36 bits per heavy atom. The van der Waals surface area contributed by atoms with Gasteiger partial charge in [-0.05, 0) is 19.2 Å². The van der Waals surface area contributed by atoms with Gasteiger partial charge in [0.05, 0.1) is 5.69 Å². The molecule has 6 heteroatoms. The monoisotopic (exact) mass is 190 g/mol. The zero-order chi connectivity index (χ0) is 9.80. The lowest BCUT2D eigenvalue weighted by Gasteiger charge is -2.00. The molecule has 72 valence electrons. The lowest BCUT2D eigenvalue weighted by molar-refractivity contribution is 0.744. The molecule has 6 nitrogen and oxygen atoms in total. The zero-order valence-corrected chi connectivity index (χ0v) is 7.75. The maximum Gasteiger partial charge on any atom is 0.177 e. The van der Waals surface area contributed by atoms with Crippen molar-refractivity contribution in [3.63, 3.8) is 0 Å². The normalized spacial score (nSPS) is 10.4. The Morgan fingerprint density at radius 3 is 2.86 bits per heavy atom. The first-order chi connectivity index (χ1) is 6.90. The van der Waals surface area contributed by atoms with Crippen LogP contribution in [0.4, 0.5) is 0 Å². The standard InChI is InChI=1S/C8H10N6/c1-9-4-7-2-3-8(13-12-7)14-6-10-5-11-14/h2-3,5-6,9H,4H2,1H3. The van der Waals surface area contributed by atoms with Gasteiger partial charge >= 0.3 is 0 Å². The largest absolute Gasteiger partial charge is 0.314 e. The number of hydrogen-bond donors (Lipinski definition) is 1. The van der Waals surface area contributed by atoms with Gasteiger partial charge in [0.1, 0.15) is 12.7 Å². The van der Waals surface area contributed by atoms with E-state index < -0.39 is 0 Å². The van der Waals surface area contributed by atoms with E-state index >= 15 is 0 Å². The van der Waals surface area contributed by atoms with Crippen molar-refractivity contribution in [2.24, 2.45) is 0 Å². The van der Waals surface area contributed by atoms with Gasteiger partial charge in [-0.15, -0.1) is 5.10 Å². The van der Waals surface area contributed by atoms with Gasteiger partial charge in [-0.2, -0.15) is 10.2 Å². The van der Waals surface area contributed by atoms with Crippen LogP contribution in [0.15, 0.2) is 24.8 Å². The molecule has 2 rings (SSSR count). The molecule has 0 saturated carbocycles. The van der Waals surface area contributed by atoms with E-state index in [2.05, 4.69) is 25.6 Å². The summed E-state index contributed by atoms with van der Waals surface area (Å²) in [5.41, 5.74) is 0.899. The van der Waals surface area contributed by atoms with Crippen molar-refractivity contribution in [3.05, 3.63) is 30.5 Å². The molecule has 0 aromatic carbocycles. The fourth-order valence-electron chi connectivity index (χ4n) is 1.08. The van der Waals surface area contributed by atoms with Crippen molar-refractivity contribution < 1.29 is 0 Å². The first-order valence-corrected chi connectivity index (χ1v) is 4.22. The third kappa shape index (κ3) is 1.74. The molecule has 0 radical (unpaired) electrons. The predicted molar refractivity (Wildman–Crippen MR) is 49.7 cm³/mol. The van der Waals surface area contributed by atoms with Crippen LogP contribution in [0.2, 0.25) is 0 Å². The van der Waals surface area contributed by atoms with Crippen LogP contribution in [0.1, 0.15) is 5.69 Å². The van der Waals surface area contributed by atoms with Crippen LogP contribution >= 0.6 is 0 Å². The molecule has 0 bridgehead atoms. The van der Waals surface area contributed by atoms with Crippen molar-refractivity contribution in [2.45, 2.75) is 6.54 Å². The molecular formula is C8H10N6. The lowest BCUT2D eigenvalue weighted by Crippen LogP contribution is -2.09. The van der Waals surface area contributed by atoms with E-state index in [1.807, 2.05) is 19.2 Å². The van der Waals surface area contributed by atoms with Crippen LogP contribution in [0.25, 0.3) is 5.82 Å². The van der Waals surface area contributed by atoms with Crippen molar-refractivity contribution in [1.29, 1.82) is 0 Å². The predicted octanol–water partition coefficient (Wildman–Crippen LogP) is -0.223. The Labute approximate surface area is 81.0 Å². The fourth-order valence-corrected chi connectivity index (χ4v) is 1.08. The highest BCUT2D eigenvalue weighted by molar-refractivity contribution is 5.19. The molecule has 0 unspecified atom stereocenters. The summed E-state index contributed by atoms with van der Waals surface area (Å²) >= 11 is 0. The molecule has 0 spiro atoms. The molecule has 14 heavy (non-hydrogen) atoms. The van der Waals surface area contributed by atoms with Gasteiger partial charge in [0.15, 0.2) is 5.82 Å². The third-order valence-electron chi connectivity index (χ3n) is 1.72. The Balaban J connectivity index is 2.22.